The topological polar surface area (TPSA) is 83.8 Å². The van der Waals surface area contributed by atoms with Crippen LogP contribution in [0.5, 0.6) is 5.75 Å². The Morgan fingerprint density at radius 3 is 2.00 bits per heavy atom. The van der Waals surface area contributed by atoms with Crippen molar-refractivity contribution in [2.45, 2.75) is 6.10 Å². The number of carbonyl (C=O) groups excluding carboxylic acids is 1. The van der Waals surface area contributed by atoms with Gasteiger partial charge in [0, 0.05) is 5.56 Å². The fourth-order valence-electron chi connectivity index (χ4n) is 2.68. The van der Waals surface area contributed by atoms with Crippen molar-refractivity contribution in [3.05, 3.63) is 101 Å². The van der Waals surface area contributed by atoms with Gasteiger partial charge in [-0.2, -0.15) is 0 Å². The maximum absolute atomic E-state index is 12.6. The van der Waals surface area contributed by atoms with Crippen molar-refractivity contribution in [1.29, 1.82) is 0 Å². The number of aromatic carboxylic acids is 1. The lowest BCUT2D eigenvalue weighted by Gasteiger charge is -2.20. The minimum absolute atomic E-state index is 0.0150. The van der Waals surface area contributed by atoms with Crippen LogP contribution >= 0.6 is 0 Å². The molecule has 3 rings (SSSR count). The van der Waals surface area contributed by atoms with Crippen molar-refractivity contribution in [3.8, 4) is 5.75 Å². The number of phenols is 1. The van der Waals surface area contributed by atoms with Crippen molar-refractivity contribution in [2.75, 3.05) is 0 Å². The number of carboxylic acid groups (broad SMARTS) is 1. The molecule has 2 N–H and O–H groups in total. The molecule has 0 heterocycles. The molecule has 3 aromatic carbocycles. The van der Waals surface area contributed by atoms with Gasteiger partial charge in [-0.1, -0.05) is 60.7 Å². The molecule has 0 aliphatic rings. The molecule has 0 bridgehead atoms. The maximum atomic E-state index is 12.6. The molecule has 0 fully saturated rings. The van der Waals surface area contributed by atoms with E-state index in [-0.39, 0.29) is 16.9 Å². The van der Waals surface area contributed by atoms with Crippen LogP contribution < -0.4 is 0 Å². The van der Waals surface area contributed by atoms with E-state index >= 15 is 0 Å². The van der Waals surface area contributed by atoms with Gasteiger partial charge in [-0.15, -0.1) is 0 Å². The van der Waals surface area contributed by atoms with E-state index in [9.17, 15) is 19.8 Å². The zero-order valence-electron chi connectivity index (χ0n) is 13.7. The van der Waals surface area contributed by atoms with E-state index in [4.69, 9.17) is 4.74 Å². The summed E-state index contributed by atoms with van der Waals surface area (Å²) in [7, 11) is 0. The summed E-state index contributed by atoms with van der Waals surface area (Å²) in [6.07, 6.45) is -0.921. The van der Waals surface area contributed by atoms with E-state index < -0.39 is 18.0 Å². The minimum atomic E-state index is -1.11. The number of hydrogen-bond acceptors (Lipinski definition) is 4. The van der Waals surface area contributed by atoms with E-state index in [1.165, 1.54) is 18.2 Å². The smallest absolute Gasteiger partial charge is 0.342 e. The Morgan fingerprint density at radius 2 is 1.35 bits per heavy atom. The zero-order chi connectivity index (χ0) is 18.5. The van der Waals surface area contributed by atoms with Gasteiger partial charge in [0.05, 0.1) is 5.56 Å². The summed E-state index contributed by atoms with van der Waals surface area (Å²) in [4.78, 5) is 24.2. The second-order valence-electron chi connectivity index (χ2n) is 5.61. The molecular formula is C21H16O5. The molecule has 0 aliphatic heterocycles. The van der Waals surface area contributed by atoms with Crippen LogP contribution in [-0.4, -0.2) is 22.2 Å². The Morgan fingerprint density at radius 1 is 0.769 bits per heavy atom. The first-order valence-corrected chi connectivity index (χ1v) is 7.94. The highest BCUT2D eigenvalue weighted by Crippen LogP contribution is 2.31. The van der Waals surface area contributed by atoms with Gasteiger partial charge >= 0.3 is 11.9 Å². The number of carbonyl (C=O) groups is 2. The lowest BCUT2D eigenvalue weighted by molar-refractivity contribution is 0.0368. The van der Waals surface area contributed by atoms with Gasteiger partial charge in [-0.05, 0) is 23.8 Å². The summed E-state index contributed by atoms with van der Waals surface area (Å²) in [5.74, 6) is -2.05. The molecule has 0 saturated heterocycles. The molecule has 130 valence electrons. The summed E-state index contributed by atoms with van der Waals surface area (Å²) in [6.45, 7) is 0. The molecule has 0 amide bonds. The first-order valence-electron chi connectivity index (χ1n) is 7.94. The van der Waals surface area contributed by atoms with Crippen LogP contribution in [0.4, 0.5) is 0 Å². The van der Waals surface area contributed by atoms with Gasteiger partial charge in [0.1, 0.15) is 11.3 Å². The maximum Gasteiger partial charge on any atom is 0.342 e. The van der Waals surface area contributed by atoms with E-state index in [0.29, 0.717) is 11.1 Å². The number of ether oxygens (including phenoxy) is 1. The number of esters is 1. The highest BCUT2D eigenvalue weighted by molar-refractivity contribution is 5.93. The van der Waals surface area contributed by atoms with Crippen LogP contribution in [0.2, 0.25) is 0 Å². The van der Waals surface area contributed by atoms with Crippen LogP contribution in [0.3, 0.4) is 0 Å². The summed E-state index contributed by atoms with van der Waals surface area (Å²) >= 11 is 0. The standard InChI is InChI=1S/C21H16O5/c22-18-13-7-6-12-17(18)21(25)26-19(14-8-2-1-3-9-14)15-10-4-5-11-16(15)20(23)24/h1-13,19,22H,(H,23,24). The summed E-state index contributed by atoms with van der Waals surface area (Å²) in [5, 5.41) is 19.4. The predicted octanol–water partition coefficient (Wildman–Crippen LogP) is 4.04. The third kappa shape index (κ3) is 3.57. The molecule has 5 heteroatoms. The fourth-order valence-corrected chi connectivity index (χ4v) is 2.68. The molecule has 0 saturated carbocycles. The average molecular weight is 348 g/mol. The highest BCUT2D eigenvalue weighted by atomic mass is 16.5. The SMILES string of the molecule is O=C(OC(c1ccccc1)c1ccccc1C(=O)O)c1ccccc1O. The van der Waals surface area contributed by atoms with Gasteiger partial charge in [0.25, 0.3) is 0 Å². The lowest BCUT2D eigenvalue weighted by atomic mass is 9.96. The van der Waals surface area contributed by atoms with Crippen molar-refractivity contribution < 1.29 is 24.5 Å². The normalized spacial score (nSPS) is 11.5. The van der Waals surface area contributed by atoms with E-state index in [1.807, 2.05) is 6.07 Å². The van der Waals surface area contributed by atoms with Gasteiger partial charge in [-0.3, -0.25) is 0 Å². The molecule has 3 aromatic rings. The molecule has 5 nitrogen and oxygen atoms in total. The molecular weight excluding hydrogens is 332 g/mol. The van der Waals surface area contributed by atoms with E-state index in [0.717, 1.165) is 0 Å². The summed E-state index contributed by atoms with van der Waals surface area (Å²) in [6, 6.07) is 21.3. The lowest BCUT2D eigenvalue weighted by Crippen LogP contribution is -2.16. The van der Waals surface area contributed by atoms with Crippen LogP contribution in [0, 0.1) is 0 Å². The minimum Gasteiger partial charge on any atom is -0.507 e. The van der Waals surface area contributed by atoms with Crippen molar-refractivity contribution in [2.24, 2.45) is 0 Å². The van der Waals surface area contributed by atoms with Gasteiger partial charge < -0.3 is 14.9 Å². The Bertz CT molecular complexity index is 934. The predicted molar refractivity (Wildman–Crippen MR) is 95.2 cm³/mol. The third-order valence-corrected chi connectivity index (χ3v) is 3.92. The Balaban J connectivity index is 2.05. The number of aromatic hydroxyl groups is 1. The average Bonchev–Trinajstić information content (AvgIpc) is 2.67. The molecule has 26 heavy (non-hydrogen) atoms. The quantitative estimate of drug-likeness (QED) is 0.680. The summed E-state index contributed by atoms with van der Waals surface area (Å²) in [5.41, 5.74) is 1.05. The van der Waals surface area contributed by atoms with Crippen molar-refractivity contribution >= 4 is 11.9 Å². The van der Waals surface area contributed by atoms with Gasteiger partial charge in [-0.25, -0.2) is 9.59 Å². The fraction of sp³-hybridized carbons (Fsp3) is 0.0476. The van der Waals surface area contributed by atoms with Crippen LogP contribution in [0.25, 0.3) is 0 Å². The van der Waals surface area contributed by atoms with E-state index in [1.54, 1.807) is 54.6 Å². The monoisotopic (exact) mass is 348 g/mol. The molecule has 0 aromatic heterocycles. The highest BCUT2D eigenvalue weighted by Gasteiger charge is 2.25. The first-order chi connectivity index (χ1) is 12.6. The van der Waals surface area contributed by atoms with Gasteiger partial charge in [0.2, 0.25) is 0 Å². The van der Waals surface area contributed by atoms with Crippen molar-refractivity contribution in [3.63, 3.8) is 0 Å². The van der Waals surface area contributed by atoms with Crippen molar-refractivity contribution in [1.82, 2.24) is 0 Å². The molecule has 0 spiro atoms. The second kappa shape index (κ2) is 7.53. The molecule has 0 radical (unpaired) electrons. The Kier molecular flexibility index (Phi) is 4.99. The number of para-hydroxylation sites is 1. The second-order valence-corrected chi connectivity index (χ2v) is 5.61. The van der Waals surface area contributed by atoms with E-state index in [2.05, 4.69) is 0 Å². The largest absolute Gasteiger partial charge is 0.507 e. The number of carboxylic acids is 1. The first kappa shape index (κ1) is 17.2. The third-order valence-electron chi connectivity index (χ3n) is 3.92. The zero-order valence-corrected chi connectivity index (χ0v) is 13.7. The Labute approximate surface area is 150 Å². The number of rotatable bonds is 5. The molecule has 0 aliphatic carbocycles. The van der Waals surface area contributed by atoms with Crippen LogP contribution in [0.1, 0.15) is 37.9 Å². The number of hydrogen-bond donors (Lipinski definition) is 2. The number of benzene rings is 3. The number of phenolic OH excluding ortho intramolecular Hbond substituents is 1. The molecule has 1 unspecified atom stereocenters. The Hall–Kier alpha value is -3.60. The molecule has 1 atom stereocenters. The van der Waals surface area contributed by atoms with Crippen LogP contribution in [0.15, 0.2) is 78.9 Å². The van der Waals surface area contributed by atoms with Gasteiger partial charge in [0.15, 0.2) is 6.10 Å². The van der Waals surface area contributed by atoms with Crippen LogP contribution in [-0.2, 0) is 4.74 Å². The summed E-state index contributed by atoms with van der Waals surface area (Å²) < 4.78 is 5.62.